The second-order valence-electron chi connectivity index (χ2n) is 3.00. The molecule has 1 atom stereocenters. The van der Waals surface area contributed by atoms with Gasteiger partial charge in [0, 0.05) is 0 Å². The second-order valence-corrected chi connectivity index (χ2v) is 3.40. The Kier molecular flexibility index (Phi) is 3.07. The molecule has 0 fully saturated rings. The molecular formula is C10H11ClFN. The summed E-state index contributed by atoms with van der Waals surface area (Å²) in [6.45, 7) is 5.54. The molecule has 0 aliphatic carbocycles. The van der Waals surface area contributed by atoms with Gasteiger partial charge in [0.05, 0.1) is 11.1 Å². The zero-order valence-electron chi connectivity index (χ0n) is 7.35. The van der Waals surface area contributed by atoms with E-state index in [1.807, 2.05) is 6.92 Å². The molecule has 0 aliphatic rings. The van der Waals surface area contributed by atoms with Gasteiger partial charge in [-0.1, -0.05) is 29.8 Å². The molecule has 0 heterocycles. The fraction of sp³-hybridized carbons (Fsp3) is 0.200. The molecule has 1 nitrogen and oxygen atoms in total. The van der Waals surface area contributed by atoms with Gasteiger partial charge in [0.1, 0.15) is 5.82 Å². The first-order valence-electron chi connectivity index (χ1n) is 3.88. The lowest BCUT2D eigenvalue weighted by Gasteiger charge is -2.11. The molecule has 0 saturated carbocycles. The molecule has 1 rings (SSSR count). The number of hydrogen-bond acceptors (Lipinski definition) is 1. The minimum absolute atomic E-state index is 0.0919. The fourth-order valence-electron chi connectivity index (χ4n) is 0.990. The van der Waals surface area contributed by atoms with E-state index in [4.69, 9.17) is 17.3 Å². The molecule has 0 aromatic heterocycles. The molecule has 2 N–H and O–H groups in total. The lowest BCUT2D eigenvalue weighted by Crippen LogP contribution is -2.10. The summed E-state index contributed by atoms with van der Waals surface area (Å²) in [4.78, 5) is 0. The molecule has 0 spiro atoms. The van der Waals surface area contributed by atoms with E-state index in [1.165, 1.54) is 12.1 Å². The lowest BCUT2D eigenvalue weighted by atomic mass is 10.0. The van der Waals surface area contributed by atoms with Crippen LogP contribution in [-0.2, 0) is 0 Å². The lowest BCUT2D eigenvalue weighted by molar-refractivity contribution is 0.626. The molecule has 1 aromatic carbocycles. The largest absolute Gasteiger partial charge is 0.321 e. The van der Waals surface area contributed by atoms with E-state index in [1.54, 1.807) is 6.07 Å². The maximum absolute atomic E-state index is 12.8. The summed E-state index contributed by atoms with van der Waals surface area (Å²) in [7, 11) is 0. The Hall–Kier alpha value is -0.860. The average Bonchev–Trinajstić information content (AvgIpc) is 2.08. The molecule has 13 heavy (non-hydrogen) atoms. The SMILES string of the molecule is C=C(C)C(N)c1ccc(F)c(Cl)c1. The van der Waals surface area contributed by atoms with Crippen molar-refractivity contribution in [2.24, 2.45) is 5.73 Å². The van der Waals surface area contributed by atoms with Gasteiger partial charge in [-0.25, -0.2) is 4.39 Å². The zero-order chi connectivity index (χ0) is 10.0. The molecule has 0 bridgehead atoms. The first kappa shape index (κ1) is 10.2. The van der Waals surface area contributed by atoms with Crippen molar-refractivity contribution in [3.63, 3.8) is 0 Å². The van der Waals surface area contributed by atoms with Crippen molar-refractivity contribution in [2.75, 3.05) is 0 Å². The van der Waals surface area contributed by atoms with Gasteiger partial charge in [-0.15, -0.1) is 0 Å². The highest BCUT2D eigenvalue weighted by molar-refractivity contribution is 6.30. The van der Waals surface area contributed by atoms with Gasteiger partial charge in [-0.2, -0.15) is 0 Å². The third-order valence-electron chi connectivity index (χ3n) is 1.83. The van der Waals surface area contributed by atoms with Crippen molar-refractivity contribution >= 4 is 11.6 Å². The minimum Gasteiger partial charge on any atom is -0.321 e. The van der Waals surface area contributed by atoms with Crippen molar-refractivity contribution in [1.82, 2.24) is 0 Å². The Morgan fingerprint density at radius 2 is 2.23 bits per heavy atom. The van der Waals surface area contributed by atoms with Crippen LogP contribution < -0.4 is 5.73 Å². The highest BCUT2D eigenvalue weighted by Gasteiger charge is 2.08. The minimum atomic E-state index is -0.431. The Labute approximate surface area is 82.0 Å². The molecule has 0 radical (unpaired) electrons. The maximum atomic E-state index is 12.8. The first-order valence-corrected chi connectivity index (χ1v) is 4.26. The van der Waals surface area contributed by atoms with Crippen molar-refractivity contribution in [2.45, 2.75) is 13.0 Å². The van der Waals surface area contributed by atoms with E-state index in [-0.39, 0.29) is 11.1 Å². The van der Waals surface area contributed by atoms with Crippen LogP contribution in [-0.4, -0.2) is 0 Å². The van der Waals surface area contributed by atoms with Gasteiger partial charge < -0.3 is 5.73 Å². The van der Waals surface area contributed by atoms with Crippen LogP contribution in [0.3, 0.4) is 0 Å². The molecule has 3 heteroatoms. The van der Waals surface area contributed by atoms with Crippen molar-refractivity contribution in [3.8, 4) is 0 Å². The van der Waals surface area contributed by atoms with Gasteiger partial charge >= 0.3 is 0 Å². The van der Waals surface area contributed by atoms with Gasteiger partial charge in [0.2, 0.25) is 0 Å². The molecule has 70 valence electrons. The molecular weight excluding hydrogens is 189 g/mol. The van der Waals surface area contributed by atoms with Gasteiger partial charge in [0.15, 0.2) is 0 Å². The zero-order valence-corrected chi connectivity index (χ0v) is 8.11. The number of hydrogen-bond donors (Lipinski definition) is 1. The Morgan fingerprint density at radius 3 is 2.69 bits per heavy atom. The van der Waals surface area contributed by atoms with Crippen LogP contribution in [0.5, 0.6) is 0 Å². The number of benzene rings is 1. The summed E-state index contributed by atoms with van der Waals surface area (Å²) in [6.07, 6.45) is 0. The smallest absolute Gasteiger partial charge is 0.141 e. The highest BCUT2D eigenvalue weighted by Crippen LogP contribution is 2.22. The summed E-state index contributed by atoms with van der Waals surface area (Å²) >= 11 is 5.60. The van der Waals surface area contributed by atoms with Crippen LogP contribution in [0, 0.1) is 5.82 Å². The Bertz CT molecular complexity index is 336. The topological polar surface area (TPSA) is 26.0 Å². The molecule has 1 unspecified atom stereocenters. The summed E-state index contributed by atoms with van der Waals surface area (Å²) in [6, 6.07) is 4.16. The molecule has 0 saturated heterocycles. The number of nitrogens with two attached hydrogens (primary N) is 1. The van der Waals surface area contributed by atoms with E-state index in [2.05, 4.69) is 6.58 Å². The summed E-state index contributed by atoms with van der Waals surface area (Å²) < 4.78 is 12.8. The van der Waals surface area contributed by atoms with Crippen LogP contribution >= 0.6 is 11.6 Å². The van der Waals surface area contributed by atoms with Crippen molar-refractivity contribution in [1.29, 1.82) is 0 Å². The Morgan fingerprint density at radius 1 is 1.62 bits per heavy atom. The van der Waals surface area contributed by atoms with E-state index in [0.29, 0.717) is 0 Å². The summed E-state index contributed by atoms with van der Waals surface area (Å²) in [5, 5.41) is 0.0919. The van der Waals surface area contributed by atoms with Crippen LogP contribution in [0.2, 0.25) is 5.02 Å². The van der Waals surface area contributed by atoms with E-state index >= 15 is 0 Å². The van der Waals surface area contributed by atoms with Crippen LogP contribution in [0.25, 0.3) is 0 Å². The summed E-state index contributed by atoms with van der Waals surface area (Å²) in [5.74, 6) is -0.431. The molecule has 0 aliphatic heterocycles. The fourth-order valence-corrected chi connectivity index (χ4v) is 1.18. The number of rotatable bonds is 2. The van der Waals surface area contributed by atoms with Crippen LogP contribution in [0.4, 0.5) is 4.39 Å². The highest BCUT2D eigenvalue weighted by atomic mass is 35.5. The van der Waals surface area contributed by atoms with Crippen molar-refractivity contribution in [3.05, 3.63) is 46.8 Å². The van der Waals surface area contributed by atoms with E-state index in [0.717, 1.165) is 11.1 Å². The van der Waals surface area contributed by atoms with E-state index < -0.39 is 5.82 Å². The third-order valence-corrected chi connectivity index (χ3v) is 2.12. The van der Waals surface area contributed by atoms with Gasteiger partial charge in [-0.05, 0) is 24.6 Å². The predicted molar refractivity (Wildman–Crippen MR) is 53.2 cm³/mol. The Balaban J connectivity index is 3.03. The predicted octanol–water partition coefficient (Wildman–Crippen LogP) is 3.06. The van der Waals surface area contributed by atoms with Crippen LogP contribution in [0.1, 0.15) is 18.5 Å². The second kappa shape index (κ2) is 3.90. The van der Waals surface area contributed by atoms with Crippen molar-refractivity contribution < 1.29 is 4.39 Å². The monoisotopic (exact) mass is 199 g/mol. The molecule has 0 amide bonds. The normalized spacial score (nSPS) is 12.6. The van der Waals surface area contributed by atoms with Crippen LogP contribution in [0.15, 0.2) is 30.4 Å². The first-order chi connectivity index (χ1) is 6.02. The van der Waals surface area contributed by atoms with E-state index in [9.17, 15) is 4.39 Å². The summed E-state index contributed by atoms with van der Waals surface area (Å²) in [5.41, 5.74) is 7.37. The standard InChI is InChI=1S/C10H11ClFN/c1-6(2)10(13)7-3-4-9(12)8(11)5-7/h3-5,10H,1,13H2,2H3. The third kappa shape index (κ3) is 2.29. The quantitative estimate of drug-likeness (QED) is 0.728. The number of halogens is 2. The maximum Gasteiger partial charge on any atom is 0.141 e. The van der Waals surface area contributed by atoms with Gasteiger partial charge in [-0.3, -0.25) is 0 Å². The van der Waals surface area contributed by atoms with Gasteiger partial charge in [0.25, 0.3) is 0 Å². The molecule has 1 aromatic rings. The average molecular weight is 200 g/mol.